The summed E-state index contributed by atoms with van der Waals surface area (Å²) >= 11 is 0. The maximum atomic E-state index is 12.1. The molecule has 2 heterocycles. The van der Waals surface area contributed by atoms with E-state index in [1.807, 2.05) is 6.92 Å². The molecule has 0 radical (unpaired) electrons. The zero-order chi connectivity index (χ0) is 13.6. The molecule has 0 aliphatic carbocycles. The molecule has 2 aromatic rings. The van der Waals surface area contributed by atoms with Crippen LogP contribution in [0.25, 0.3) is 10.9 Å². The molecule has 0 saturated carbocycles. The summed E-state index contributed by atoms with van der Waals surface area (Å²) in [6.07, 6.45) is 1.36. The van der Waals surface area contributed by atoms with Crippen molar-refractivity contribution in [2.75, 3.05) is 6.79 Å². The van der Waals surface area contributed by atoms with Gasteiger partial charge < -0.3 is 19.1 Å². The molecule has 0 saturated heterocycles. The minimum atomic E-state index is -1.23. The predicted molar refractivity (Wildman–Crippen MR) is 75.5 cm³/mol. The summed E-state index contributed by atoms with van der Waals surface area (Å²) in [6.45, 7) is 2.54. The summed E-state index contributed by atoms with van der Waals surface area (Å²) in [6, 6.07) is 3.24. The van der Waals surface area contributed by atoms with Gasteiger partial charge in [-0.2, -0.15) is 0 Å². The van der Waals surface area contributed by atoms with Crippen molar-refractivity contribution in [1.29, 1.82) is 0 Å². The Morgan fingerprint density at radius 2 is 2.00 bits per heavy atom. The van der Waals surface area contributed by atoms with Crippen LogP contribution >= 0.6 is 0 Å². The van der Waals surface area contributed by atoms with Crippen LogP contribution in [0.5, 0.6) is 11.5 Å². The van der Waals surface area contributed by atoms with Crippen LogP contribution in [0.4, 0.5) is 0 Å². The zero-order valence-corrected chi connectivity index (χ0v) is 10.2. The summed E-state index contributed by atoms with van der Waals surface area (Å²) in [5.74, 6) is -0.196. The van der Waals surface area contributed by atoms with E-state index in [4.69, 9.17) is 14.6 Å². The summed E-state index contributed by atoms with van der Waals surface area (Å²) in [7, 11) is 0. The fourth-order valence-corrected chi connectivity index (χ4v) is 2.19. The van der Waals surface area contributed by atoms with Crippen LogP contribution in [0.15, 0.2) is 23.1 Å². The fourth-order valence-electron chi connectivity index (χ4n) is 2.19. The van der Waals surface area contributed by atoms with Gasteiger partial charge in [-0.3, -0.25) is 4.79 Å². The number of pyridine rings is 1. The second kappa shape index (κ2) is 5.63. The normalized spacial score (nSPS) is 12.2. The Morgan fingerprint density at radius 3 is 2.60 bits per heavy atom. The Kier molecular flexibility index (Phi) is 4.27. The first kappa shape index (κ1) is 15.2. The SMILES string of the molecule is CCn1cc(C(=O)O)c(=O)c2cc3c(cc21)OCO3.[CaH2]. The topological polar surface area (TPSA) is 77.8 Å². The maximum absolute atomic E-state index is 12.1. The number of nitrogens with zero attached hydrogens (tertiary/aromatic N) is 1. The predicted octanol–water partition coefficient (Wildman–Crippen LogP) is 0.532. The summed E-state index contributed by atoms with van der Waals surface area (Å²) in [4.78, 5) is 23.2. The van der Waals surface area contributed by atoms with Crippen LogP contribution in [-0.4, -0.2) is 60.2 Å². The Labute approximate surface area is 143 Å². The minimum absolute atomic E-state index is 0. The van der Waals surface area contributed by atoms with Gasteiger partial charge in [-0.05, 0) is 13.0 Å². The van der Waals surface area contributed by atoms with Crippen molar-refractivity contribution in [2.24, 2.45) is 0 Å². The molecule has 1 aliphatic rings. The zero-order valence-electron chi connectivity index (χ0n) is 10.2. The molecule has 0 fully saturated rings. The van der Waals surface area contributed by atoms with E-state index in [0.717, 1.165) is 0 Å². The van der Waals surface area contributed by atoms with Crippen molar-refractivity contribution >= 4 is 54.6 Å². The Balaban J connectivity index is 0.00000147. The first-order valence-corrected chi connectivity index (χ1v) is 5.82. The van der Waals surface area contributed by atoms with E-state index in [1.54, 1.807) is 16.7 Å². The number of aromatic nitrogens is 1. The second-order valence-corrected chi connectivity index (χ2v) is 4.19. The van der Waals surface area contributed by atoms with Crippen molar-refractivity contribution in [1.82, 2.24) is 4.57 Å². The van der Waals surface area contributed by atoms with Crippen molar-refractivity contribution in [3.8, 4) is 11.5 Å². The Bertz CT molecular complexity index is 752. The van der Waals surface area contributed by atoms with E-state index in [1.165, 1.54) is 6.20 Å². The van der Waals surface area contributed by atoms with Crippen LogP contribution < -0.4 is 14.9 Å². The number of carboxylic acids is 1. The molecule has 3 rings (SSSR count). The fraction of sp³-hybridized carbons (Fsp3) is 0.231. The number of aromatic carboxylic acids is 1. The van der Waals surface area contributed by atoms with E-state index < -0.39 is 11.4 Å². The van der Waals surface area contributed by atoms with E-state index in [0.29, 0.717) is 28.9 Å². The molecule has 0 spiro atoms. The van der Waals surface area contributed by atoms with Crippen molar-refractivity contribution in [3.63, 3.8) is 0 Å². The van der Waals surface area contributed by atoms with Gasteiger partial charge in [0.05, 0.1) is 10.9 Å². The van der Waals surface area contributed by atoms with Gasteiger partial charge in [0, 0.05) is 18.8 Å². The number of aryl methyl sites for hydroxylation is 1. The van der Waals surface area contributed by atoms with Gasteiger partial charge in [0.25, 0.3) is 0 Å². The van der Waals surface area contributed by atoms with Crippen molar-refractivity contribution < 1.29 is 19.4 Å². The second-order valence-electron chi connectivity index (χ2n) is 4.19. The summed E-state index contributed by atoms with van der Waals surface area (Å²) in [5, 5.41) is 9.39. The van der Waals surface area contributed by atoms with Crippen molar-refractivity contribution in [3.05, 3.63) is 34.1 Å². The van der Waals surface area contributed by atoms with Gasteiger partial charge in [-0.15, -0.1) is 0 Å². The third kappa shape index (κ3) is 2.28. The van der Waals surface area contributed by atoms with Gasteiger partial charge in [0.2, 0.25) is 12.2 Å². The Morgan fingerprint density at radius 1 is 1.35 bits per heavy atom. The van der Waals surface area contributed by atoms with Crippen LogP contribution in [0.3, 0.4) is 0 Å². The van der Waals surface area contributed by atoms with Crippen LogP contribution in [0.1, 0.15) is 17.3 Å². The third-order valence-electron chi connectivity index (χ3n) is 3.15. The van der Waals surface area contributed by atoms with Crippen LogP contribution in [0.2, 0.25) is 0 Å². The number of fused-ring (bicyclic) bond motifs is 2. The molecule has 7 heteroatoms. The van der Waals surface area contributed by atoms with Crippen molar-refractivity contribution in [2.45, 2.75) is 13.5 Å². The molecule has 102 valence electrons. The molecule has 1 N–H and O–H groups in total. The van der Waals surface area contributed by atoms with Crippen LogP contribution in [0, 0.1) is 0 Å². The number of benzene rings is 1. The first-order valence-electron chi connectivity index (χ1n) is 5.82. The van der Waals surface area contributed by atoms with E-state index in [2.05, 4.69) is 0 Å². The molecule has 1 aliphatic heterocycles. The molecule has 0 unspecified atom stereocenters. The molecular weight excluding hydrogens is 290 g/mol. The number of ether oxygens (including phenoxy) is 2. The number of carboxylic acid groups (broad SMARTS) is 1. The summed E-state index contributed by atoms with van der Waals surface area (Å²) < 4.78 is 12.2. The van der Waals surface area contributed by atoms with E-state index >= 15 is 0 Å². The van der Waals surface area contributed by atoms with E-state index in [-0.39, 0.29) is 50.1 Å². The number of carbonyl (C=O) groups is 1. The molecule has 20 heavy (non-hydrogen) atoms. The average Bonchev–Trinajstić information content (AvgIpc) is 2.84. The Hall–Kier alpha value is -1.24. The number of rotatable bonds is 2. The molecule has 0 bridgehead atoms. The molecule has 1 aromatic carbocycles. The standard InChI is InChI=1S/C13H11NO5.Ca.2H/c1-2-14-5-8(13(16)17)12(15)7-3-10-11(4-9(7)14)19-6-18-10;;;/h3-5H,2,6H2,1H3,(H,16,17);;;. The molecule has 0 atom stereocenters. The molecule has 1 aromatic heterocycles. The third-order valence-corrected chi connectivity index (χ3v) is 3.15. The average molecular weight is 303 g/mol. The van der Waals surface area contributed by atoms with Gasteiger partial charge in [-0.1, -0.05) is 0 Å². The number of hydrogen-bond acceptors (Lipinski definition) is 4. The summed E-state index contributed by atoms with van der Waals surface area (Å²) in [5.41, 5.74) is -0.111. The van der Waals surface area contributed by atoms with Crippen LogP contribution in [-0.2, 0) is 6.54 Å². The quantitative estimate of drug-likeness (QED) is 0.819. The molecule has 0 amide bonds. The molecule has 6 nitrogen and oxygen atoms in total. The van der Waals surface area contributed by atoms with Gasteiger partial charge >= 0.3 is 43.7 Å². The first-order chi connectivity index (χ1) is 9.11. The van der Waals surface area contributed by atoms with Gasteiger partial charge in [-0.25, -0.2) is 4.79 Å². The van der Waals surface area contributed by atoms with E-state index in [9.17, 15) is 9.59 Å². The molecular formula is C13H13CaNO5. The van der Waals surface area contributed by atoms with Gasteiger partial charge in [0.1, 0.15) is 5.56 Å². The van der Waals surface area contributed by atoms with Gasteiger partial charge in [0.15, 0.2) is 11.5 Å². The monoisotopic (exact) mass is 303 g/mol. The number of hydrogen-bond donors (Lipinski definition) is 1.